The van der Waals surface area contributed by atoms with Gasteiger partial charge in [-0.25, -0.2) is 4.98 Å². The average molecular weight is 276 g/mol. The topological polar surface area (TPSA) is 78.4 Å². The van der Waals surface area contributed by atoms with Gasteiger partial charge in [-0.15, -0.1) is 0 Å². The second kappa shape index (κ2) is 6.55. The van der Waals surface area contributed by atoms with Crippen LogP contribution in [0.2, 0.25) is 0 Å². The summed E-state index contributed by atoms with van der Waals surface area (Å²) in [6, 6.07) is 5.36. The molecular weight excluding hydrogens is 260 g/mol. The second-order valence-corrected chi connectivity index (χ2v) is 3.80. The first-order valence-electron chi connectivity index (χ1n) is 5.95. The van der Waals surface area contributed by atoms with Crippen LogP contribution in [-0.2, 0) is 6.54 Å². The fraction of sp³-hybridized carbons (Fsp3) is 0.308. The molecule has 0 aliphatic carbocycles. The Bertz CT molecular complexity index is 555. The molecule has 0 bridgehead atoms. The number of ether oxygens (including phenoxy) is 3. The molecule has 0 aliphatic rings. The quantitative estimate of drug-likeness (QED) is 0.856. The van der Waals surface area contributed by atoms with Crippen LogP contribution in [0, 0.1) is 0 Å². The first-order chi connectivity index (χ1) is 9.76. The lowest BCUT2D eigenvalue weighted by molar-refractivity contribution is 0.372. The van der Waals surface area contributed by atoms with Crippen molar-refractivity contribution < 1.29 is 14.2 Å². The summed E-state index contributed by atoms with van der Waals surface area (Å²) in [5.41, 5.74) is 0.903. The molecule has 1 N–H and O–H groups in total. The fourth-order valence-electron chi connectivity index (χ4n) is 1.61. The van der Waals surface area contributed by atoms with Gasteiger partial charge in [-0.2, -0.15) is 9.97 Å². The van der Waals surface area contributed by atoms with E-state index >= 15 is 0 Å². The van der Waals surface area contributed by atoms with Gasteiger partial charge in [-0.3, -0.25) is 0 Å². The van der Waals surface area contributed by atoms with Crippen LogP contribution in [-0.4, -0.2) is 36.3 Å². The van der Waals surface area contributed by atoms with Gasteiger partial charge in [0.15, 0.2) is 0 Å². The maximum Gasteiger partial charge on any atom is 0.229 e. The lowest BCUT2D eigenvalue weighted by Crippen LogP contribution is -2.07. The van der Waals surface area contributed by atoms with Gasteiger partial charge in [0.2, 0.25) is 23.6 Å². The SMILES string of the molecule is COc1cc(OC)nc(NCc2cccnc2OC)n1. The molecule has 2 aromatic heterocycles. The summed E-state index contributed by atoms with van der Waals surface area (Å²) < 4.78 is 15.4. The summed E-state index contributed by atoms with van der Waals surface area (Å²) in [6.07, 6.45) is 1.67. The van der Waals surface area contributed by atoms with Crippen molar-refractivity contribution in [3.8, 4) is 17.6 Å². The summed E-state index contributed by atoms with van der Waals surface area (Å²) in [4.78, 5) is 12.5. The highest BCUT2D eigenvalue weighted by atomic mass is 16.5. The molecule has 0 unspecified atom stereocenters. The highest BCUT2D eigenvalue weighted by Crippen LogP contribution is 2.19. The Hall–Kier alpha value is -2.57. The molecule has 0 radical (unpaired) electrons. The Kier molecular flexibility index (Phi) is 4.54. The number of hydrogen-bond donors (Lipinski definition) is 1. The summed E-state index contributed by atoms with van der Waals surface area (Å²) in [7, 11) is 4.66. The van der Waals surface area contributed by atoms with Crippen molar-refractivity contribution in [1.29, 1.82) is 0 Å². The highest BCUT2D eigenvalue weighted by Gasteiger charge is 2.07. The van der Waals surface area contributed by atoms with E-state index in [9.17, 15) is 0 Å². The summed E-state index contributed by atoms with van der Waals surface area (Å²) in [6.45, 7) is 0.479. The van der Waals surface area contributed by atoms with E-state index in [4.69, 9.17) is 14.2 Å². The normalized spacial score (nSPS) is 9.95. The van der Waals surface area contributed by atoms with E-state index in [2.05, 4.69) is 20.3 Å². The maximum absolute atomic E-state index is 5.18. The molecule has 20 heavy (non-hydrogen) atoms. The van der Waals surface area contributed by atoms with E-state index in [1.54, 1.807) is 19.4 Å². The third kappa shape index (κ3) is 3.25. The number of hydrogen-bond acceptors (Lipinski definition) is 7. The van der Waals surface area contributed by atoms with Crippen molar-refractivity contribution in [2.75, 3.05) is 26.6 Å². The monoisotopic (exact) mass is 276 g/mol. The predicted molar refractivity (Wildman–Crippen MR) is 73.3 cm³/mol. The van der Waals surface area contributed by atoms with Crippen LogP contribution in [0.3, 0.4) is 0 Å². The minimum atomic E-state index is 0.409. The number of nitrogens with one attached hydrogen (secondary N) is 1. The Morgan fingerprint density at radius 2 is 1.75 bits per heavy atom. The van der Waals surface area contributed by atoms with Gasteiger partial charge in [-0.1, -0.05) is 6.07 Å². The molecule has 2 rings (SSSR count). The molecular formula is C13H16N4O3. The zero-order chi connectivity index (χ0) is 14.4. The molecule has 106 valence electrons. The highest BCUT2D eigenvalue weighted by molar-refractivity contribution is 5.36. The first kappa shape index (κ1) is 13.9. The second-order valence-electron chi connectivity index (χ2n) is 3.80. The lowest BCUT2D eigenvalue weighted by Gasteiger charge is -2.10. The van der Waals surface area contributed by atoms with E-state index in [1.807, 2.05) is 12.1 Å². The molecule has 0 fully saturated rings. The van der Waals surface area contributed by atoms with Crippen LogP contribution in [0.5, 0.6) is 17.6 Å². The van der Waals surface area contributed by atoms with E-state index in [0.29, 0.717) is 30.1 Å². The van der Waals surface area contributed by atoms with Crippen molar-refractivity contribution >= 4 is 5.95 Å². The zero-order valence-corrected chi connectivity index (χ0v) is 11.6. The molecule has 0 atom stereocenters. The van der Waals surface area contributed by atoms with E-state index < -0.39 is 0 Å². The summed E-state index contributed by atoms with van der Waals surface area (Å²) in [5.74, 6) is 1.83. The number of pyridine rings is 1. The van der Waals surface area contributed by atoms with Crippen molar-refractivity contribution in [2.45, 2.75) is 6.54 Å². The Labute approximate surface area is 116 Å². The lowest BCUT2D eigenvalue weighted by atomic mass is 10.3. The minimum absolute atomic E-state index is 0.409. The van der Waals surface area contributed by atoms with Crippen molar-refractivity contribution in [3.63, 3.8) is 0 Å². The standard InChI is InChI=1S/C13H16N4O3/c1-18-10-7-11(19-2)17-13(16-10)15-8-9-5-4-6-14-12(9)20-3/h4-7H,8H2,1-3H3,(H,15,16,17). The first-order valence-corrected chi connectivity index (χ1v) is 5.95. The number of rotatable bonds is 6. The fourth-order valence-corrected chi connectivity index (χ4v) is 1.61. The molecule has 2 heterocycles. The van der Waals surface area contributed by atoms with Gasteiger partial charge >= 0.3 is 0 Å². The van der Waals surface area contributed by atoms with Crippen molar-refractivity contribution in [1.82, 2.24) is 15.0 Å². The smallest absolute Gasteiger partial charge is 0.229 e. The third-order valence-corrected chi connectivity index (χ3v) is 2.58. The van der Waals surface area contributed by atoms with Crippen LogP contribution in [0.1, 0.15) is 5.56 Å². The number of nitrogens with zero attached hydrogens (tertiary/aromatic N) is 3. The van der Waals surface area contributed by atoms with E-state index in [0.717, 1.165) is 5.56 Å². The maximum atomic E-state index is 5.18. The number of aromatic nitrogens is 3. The number of methoxy groups -OCH3 is 3. The Morgan fingerprint density at radius 3 is 2.35 bits per heavy atom. The van der Waals surface area contributed by atoms with Gasteiger partial charge in [0.05, 0.1) is 27.4 Å². The van der Waals surface area contributed by atoms with Crippen molar-refractivity contribution in [3.05, 3.63) is 30.0 Å². The van der Waals surface area contributed by atoms with Gasteiger partial charge in [0.1, 0.15) is 0 Å². The minimum Gasteiger partial charge on any atom is -0.481 e. The van der Waals surface area contributed by atoms with Crippen LogP contribution >= 0.6 is 0 Å². The zero-order valence-electron chi connectivity index (χ0n) is 11.6. The van der Waals surface area contributed by atoms with Crippen LogP contribution in [0.4, 0.5) is 5.95 Å². The van der Waals surface area contributed by atoms with Crippen LogP contribution in [0.15, 0.2) is 24.4 Å². The average Bonchev–Trinajstić information content (AvgIpc) is 2.52. The predicted octanol–water partition coefficient (Wildman–Crippen LogP) is 1.51. The molecule has 0 amide bonds. The number of anilines is 1. The van der Waals surface area contributed by atoms with E-state index in [-0.39, 0.29) is 0 Å². The summed E-state index contributed by atoms with van der Waals surface area (Å²) in [5, 5.41) is 3.08. The molecule has 0 aliphatic heterocycles. The molecule has 0 saturated carbocycles. The van der Waals surface area contributed by atoms with Crippen molar-refractivity contribution in [2.24, 2.45) is 0 Å². The molecule has 0 spiro atoms. The molecule has 2 aromatic rings. The van der Waals surface area contributed by atoms with E-state index in [1.165, 1.54) is 14.2 Å². The van der Waals surface area contributed by atoms with Gasteiger partial charge in [0, 0.05) is 18.3 Å². The largest absolute Gasteiger partial charge is 0.481 e. The van der Waals surface area contributed by atoms with Gasteiger partial charge < -0.3 is 19.5 Å². The molecule has 0 aromatic carbocycles. The molecule has 7 heteroatoms. The summed E-state index contributed by atoms with van der Waals surface area (Å²) >= 11 is 0. The molecule has 7 nitrogen and oxygen atoms in total. The Balaban J connectivity index is 2.14. The van der Waals surface area contributed by atoms with Crippen LogP contribution < -0.4 is 19.5 Å². The third-order valence-electron chi connectivity index (χ3n) is 2.58. The van der Waals surface area contributed by atoms with Gasteiger partial charge in [0.25, 0.3) is 0 Å². The Morgan fingerprint density at radius 1 is 1.05 bits per heavy atom. The van der Waals surface area contributed by atoms with Gasteiger partial charge in [-0.05, 0) is 6.07 Å². The molecule has 0 saturated heterocycles. The van der Waals surface area contributed by atoms with Crippen LogP contribution in [0.25, 0.3) is 0 Å².